The van der Waals surface area contributed by atoms with Crippen LogP contribution in [-0.4, -0.2) is 42.0 Å². The number of carbonyl (C=O) groups excluding carboxylic acids is 1. The first-order chi connectivity index (χ1) is 7.19. The lowest BCUT2D eigenvalue weighted by molar-refractivity contribution is -0.123. The van der Waals surface area contributed by atoms with Crippen LogP contribution in [0.5, 0.6) is 0 Å². The van der Waals surface area contributed by atoms with Crippen LogP contribution in [0.1, 0.15) is 19.8 Å². The lowest BCUT2D eigenvalue weighted by Crippen LogP contribution is -2.41. The number of alkyl halides is 1. The van der Waals surface area contributed by atoms with Gasteiger partial charge in [-0.25, -0.2) is 0 Å². The predicted molar refractivity (Wildman–Crippen MR) is 64.6 cm³/mol. The number of amides is 1. The highest BCUT2D eigenvalue weighted by Gasteiger charge is 2.36. The molecule has 15 heavy (non-hydrogen) atoms. The molecule has 1 atom stereocenters. The van der Waals surface area contributed by atoms with Crippen LogP contribution >= 0.6 is 23.4 Å². The fourth-order valence-corrected chi connectivity index (χ4v) is 2.88. The second-order valence-electron chi connectivity index (χ2n) is 3.74. The van der Waals surface area contributed by atoms with Crippen LogP contribution in [0.15, 0.2) is 0 Å². The van der Waals surface area contributed by atoms with Crippen molar-refractivity contribution in [3.63, 3.8) is 0 Å². The van der Waals surface area contributed by atoms with Gasteiger partial charge in [-0.05, 0) is 25.5 Å². The summed E-state index contributed by atoms with van der Waals surface area (Å²) in [6.07, 6.45) is 2.11. The fraction of sp³-hybridized carbons (Fsp3) is 0.900. The number of thioether (sulfide) groups is 1. The molecule has 1 amide bonds. The van der Waals surface area contributed by atoms with E-state index in [0.29, 0.717) is 25.6 Å². The SMILES string of the molecule is CC1(C(=O)NCCOCCCl)CCCS1. The first-order valence-corrected chi connectivity index (χ1v) is 6.77. The summed E-state index contributed by atoms with van der Waals surface area (Å²) >= 11 is 7.20. The molecule has 1 heterocycles. The zero-order valence-corrected chi connectivity index (χ0v) is 10.6. The van der Waals surface area contributed by atoms with Crippen LogP contribution in [0.2, 0.25) is 0 Å². The lowest BCUT2D eigenvalue weighted by atomic mass is 10.1. The Morgan fingerprint density at radius 3 is 3.00 bits per heavy atom. The third-order valence-electron chi connectivity index (χ3n) is 2.45. The number of halogens is 1. The molecule has 1 aliphatic rings. The van der Waals surface area contributed by atoms with Gasteiger partial charge in [-0.1, -0.05) is 0 Å². The standard InChI is InChI=1S/C10H18ClNO2S/c1-10(3-2-8-15-10)9(13)12-5-7-14-6-4-11/h2-8H2,1H3,(H,12,13). The van der Waals surface area contributed by atoms with E-state index in [0.717, 1.165) is 18.6 Å². The van der Waals surface area contributed by atoms with Gasteiger partial charge >= 0.3 is 0 Å². The quantitative estimate of drug-likeness (QED) is 0.576. The largest absolute Gasteiger partial charge is 0.378 e. The highest BCUT2D eigenvalue weighted by atomic mass is 35.5. The van der Waals surface area contributed by atoms with Gasteiger partial charge in [0.15, 0.2) is 0 Å². The van der Waals surface area contributed by atoms with E-state index in [1.807, 2.05) is 6.92 Å². The second-order valence-corrected chi connectivity index (χ2v) is 5.72. The van der Waals surface area contributed by atoms with Crippen molar-refractivity contribution < 1.29 is 9.53 Å². The molecule has 0 saturated carbocycles. The smallest absolute Gasteiger partial charge is 0.236 e. The molecule has 0 aliphatic carbocycles. The van der Waals surface area contributed by atoms with Crippen molar-refractivity contribution in [2.24, 2.45) is 0 Å². The normalized spacial score (nSPS) is 25.5. The molecule has 0 aromatic heterocycles. The topological polar surface area (TPSA) is 38.3 Å². The molecule has 0 aromatic rings. The van der Waals surface area contributed by atoms with E-state index >= 15 is 0 Å². The van der Waals surface area contributed by atoms with Crippen molar-refractivity contribution in [1.82, 2.24) is 5.32 Å². The first kappa shape index (κ1) is 13.1. The third-order valence-corrected chi connectivity index (χ3v) is 4.13. The maximum Gasteiger partial charge on any atom is 0.236 e. The van der Waals surface area contributed by atoms with E-state index in [1.54, 1.807) is 11.8 Å². The van der Waals surface area contributed by atoms with Gasteiger partial charge in [0.05, 0.1) is 18.0 Å². The van der Waals surface area contributed by atoms with Crippen LogP contribution < -0.4 is 5.32 Å². The summed E-state index contributed by atoms with van der Waals surface area (Å²) in [5.41, 5.74) is 0. The van der Waals surface area contributed by atoms with Gasteiger partial charge in [-0.3, -0.25) is 4.79 Å². The number of rotatable bonds is 6. The van der Waals surface area contributed by atoms with Crippen LogP contribution in [-0.2, 0) is 9.53 Å². The molecule has 1 unspecified atom stereocenters. The zero-order chi connectivity index (χ0) is 11.1. The monoisotopic (exact) mass is 251 g/mol. The molecule has 1 saturated heterocycles. The number of hydrogen-bond donors (Lipinski definition) is 1. The molecule has 0 bridgehead atoms. The molecular weight excluding hydrogens is 234 g/mol. The fourth-order valence-electron chi connectivity index (χ4n) is 1.54. The maximum atomic E-state index is 11.8. The Morgan fingerprint density at radius 1 is 1.60 bits per heavy atom. The Kier molecular flexibility index (Phi) is 5.79. The molecule has 0 aromatic carbocycles. The summed E-state index contributed by atoms with van der Waals surface area (Å²) < 4.78 is 4.96. The summed E-state index contributed by atoms with van der Waals surface area (Å²) in [5.74, 6) is 1.73. The van der Waals surface area contributed by atoms with Gasteiger partial charge in [0.2, 0.25) is 5.91 Å². The third kappa shape index (κ3) is 4.21. The van der Waals surface area contributed by atoms with E-state index < -0.39 is 0 Å². The molecular formula is C10H18ClNO2S. The van der Waals surface area contributed by atoms with Crippen LogP contribution in [0, 0.1) is 0 Å². The Labute approximate surface area is 100 Å². The predicted octanol–water partition coefficient (Wildman–Crippen LogP) is 1.64. The molecule has 1 fully saturated rings. The summed E-state index contributed by atoms with van der Waals surface area (Å²) in [6, 6.07) is 0. The molecule has 88 valence electrons. The Morgan fingerprint density at radius 2 is 2.40 bits per heavy atom. The van der Waals surface area contributed by atoms with E-state index in [-0.39, 0.29) is 10.7 Å². The van der Waals surface area contributed by atoms with Gasteiger partial charge in [-0.15, -0.1) is 23.4 Å². The van der Waals surface area contributed by atoms with Crippen molar-refractivity contribution in [2.45, 2.75) is 24.5 Å². The Bertz CT molecular complexity index is 208. The summed E-state index contributed by atoms with van der Waals surface area (Å²) in [6.45, 7) is 3.67. The van der Waals surface area contributed by atoms with Crippen LogP contribution in [0.25, 0.3) is 0 Å². The summed E-state index contributed by atoms with van der Waals surface area (Å²) in [4.78, 5) is 11.8. The first-order valence-electron chi connectivity index (χ1n) is 5.25. The van der Waals surface area contributed by atoms with Crippen LogP contribution in [0.4, 0.5) is 0 Å². The van der Waals surface area contributed by atoms with E-state index in [2.05, 4.69) is 5.32 Å². The Hall–Kier alpha value is 0.0700. The molecule has 1 N–H and O–H groups in total. The van der Waals surface area contributed by atoms with Gasteiger partial charge < -0.3 is 10.1 Å². The van der Waals surface area contributed by atoms with E-state index in [4.69, 9.17) is 16.3 Å². The molecule has 3 nitrogen and oxygen atoms in total. The van der Waals surface area contributed by atoms with Crippen molar-refractivity contribution in [3.05, 3.63) is 0 Å². The molecule has 5 heteroatoms. The maximum absolute atomic E-state index is 11.8. The average Bonchev–Trinajstić information content (AvgIpc) is 2.66. The van der Waals surface area contributed by atoms with Crippen molar-refractivity contribution >= 4 is 29.3 Å². The van der Waals surface area contributed by atoms with Gasteiger partial charge in [0.25, 0.3) is 0 Å². The minimum Gasteiger partial charge on any atom is -0.378 e. The molecule has 0 radical (unpaired) electrons. The van der Waals surface area contributed by atoms with Gasteiger partial charge in [-0.2, -0.15) is 0 Å². The van der Waals surface area contributed by atoms with Crippen molar-refractivity contribution in [2.75, 3.05) is 31.4 Å². The van der Waals surface area contributed by atoms with Gasteiger partial charge in [0, 0.05) is 12.4 Å². The van der Waals surface area contributed by atoms with Crippen molar-refractivity contribution in [1.29, 1.82) is 0 Å². The van der Waals surface area contributed by atoms with Crippen LogP contribution in [0.3, 0.4) is 0 Å². The number of nitrogens with one attached hydrogen (secondary N) is 1. The zero-order valence-electron chi connectivity index (χ0n) is 9.05. The molecule has 1 aliphatic heterocycles. The number of carbonyl (C=O) groups is 1. The van der Waals surface area contributed by atoms with E-state index in [9.17, 15) is 4.79 Å². The van der Waals surface area contributed by atoms with Gasteiger partial charge in [0.1, 0.15) is 0 Å². The minimum atomic E-state index is -0.216. The molecule has 1 rings (SSSR count). The second kappa shape index (κ2) is 6.61. The highest BCUT2D eigenvalue weighted by molar-refractivity contribution is 8.01. The lowest BCUT2D eigenvalue weighted by Gasteiger charge is -2.21. The highest BCUT2D eigenvalue weighted by Crippen LogP contribution is 2.37. The molecule has 0 spiro atoms. The Balaban J connectivity index is 2.12. The van der Waals surface area contributed by atoms with E-state index in [1.165, 1.54) is 0 Å². The number of ether oxygens (including phenoxy) is 1. The minimum absolute atomic E-state index is 0.138. The average molecular weight is 252 g/mol. The number of hydrogen-bond acceptors (Lipinski definition) is 3. The van der Waals surface area contributed by atoms with Crippen molar-refractivity contribution in [3.8, 4) is 0 Å². The summed E-state index contributed by atoms with van der Waals surface area (Å²) in [7, 11) is 0. The summed E-state index contributed by atoms with van der Waals surface area (Å²) in [5, 5.41) is 2.90.